The SMILES string of the molecule is CCOC(=O)c1ccc(N2C(=O)NC(=O)/C(=C\c3cc(Br)c(OCc4cccc(Cl)c4)c(OCC)c3)C2=O)cc1. The lowest BCUT2D eigenvalue weighted by Gasteiger charge is -2.26. The Labute approximate surface area is 243 Å². The number of amides is 4. The van der Waals surface area contributed by atoms with E-state index in [2.05, 4.69) is 21.2 Å². The summed E-state index contributed by atoms with van der Waals surface area (Å²) in [6, 6.07) is 15.4. The number of imide groups is 2. The van der Waals surface area contributed by atoms with Gasteiger partial charge in [-0.05, 0) is 95.5 Å². The number of esters is 1. The van der Waals surface area contributed by atoms with E-state index in [-0.39, 0.29) is 30.0 Å². The molecule has 1 N–H and O–H groups in total. The summed E-state index contributed by atoms with van der Waals surface area (Å²) < 4.78 is 17.3. The molecule has 1 saturated heterocycles. The average molecular weight is 628 g/mol. The number of nitrogens with one attached hydrogen (secondary N) is 1. The molecule has 11 heteroatoms. The first-order chi connectivity index (χ1) is 19.2. The van der Waals surface area contributed by atoms with Gasteiger partial charge in [-0.2, -0.15) is 0 Å². The van der Waals surface area contributed by atoms with Gasteiger partial charge in [0.1, 0.15) is 12.2 Å². The third kappa shape index (κ3) is 6.52. The molecule has 4 rings (SSSR count). The predicted molar refractivity (Wildman–Crippen MR) is 152 cm³/mol. The summed E-state index contributed by atoms with van der Waals surface area (Å²) in [7, 11) is 0. The van der Waals surface area contributed by atoms with Crippen LogP contribution in [-0.2, 0) is 20.9 Å². The van der Waals surface area contributed by atoms with Crippen molar-refractivity contribution in [3.63, 3.8) is 0 Å². The van der Waals surface area contributed by atoms with Crippen LogP contribution in [0.1, 0.15) is 35.3 Å². The Morgan fingerprint density at radius 2 is 1.75 bits per heavy atom. The molecule has 0 saturated carbocycles. The highest BCUT2D eigenvalue weighted by molar-refractivity contribution is 9.10. The molecular weight excluding hydrogens is 604 g/mol. The minimum absolute atomic E-state index is 0.176. The quantitative estimate of drug-likeness (QED) is 0.178. The van der Waals surface area contributed by atoms with Gasteiger partial charge < -0.3 is 14.2 Å². The van der Waals surface area contributed by atoms with Gasteiger partial charge >= 0.3 is 12.0 Å². The summed E-state index contributed by atoms with van der Waals surface area (Å²) in [5, 5.41) is 2.77. The summed E-state index contributed by atoms with van der Waals surface area (Å²) in [5.41, 5.74) is 1.48. The lowest BCUT2D eigenvalue weighted by Crippen LogP contribution is -2.54. The van der Waals surface area contributed by atoms with Gasteiger partial charge in [-0.1, -0.05) is 23.7 Å². The van der Waals surface area contributed by atoms with E-state index in [1.165, 1.54) is 30.3 Å². The van der Waals surface area contributed by atoms with Gasteiger partial charge in [0.05, 0.1) is 28.9 Å². The number of benzene rings is 3. The van der Waals surface area contributed by atoms with E-state index in [4.69, 9.17) is 25.8 Å². The Kier molecular flexibility index (Phi) is 9.23. The fraction of sp³-hybridized carbons (Fsp3) is 0.172. The standard InChI is InChI=1S/C29H24BrClN2O7/c1-3-38-24-15-18(14-23(30)25(24)40-16-17-6-5-7-20(31)12-17)13-22-26(34)32-29(37)33(27(22)35)21-10-8-19(9-11-21)28(36)39-4-2/h5-15H,3-4,16H2,1-2H3,(H,32,34,37)/b22-13+. The maximum Gasteiger partial charge on any atom is 0.338 e. The molecule has 1 heterocycles. The van der Waals surface area contributed by atoms with Crippen molar-refractivity contribution < 1.29 is 33.4 Å². The second-order valence-corrected chi connectivity index (χ2v) is 9.70. The second kappa shape index (κ2) is 12.8. The van der Waals surface area contributed by atoms with Crippen LogP contribution >= 0.6 is 27.5 Å². The molecule has 0 aromatic heterocycles. The number of anilines is 1. The Bertz CT molecular complexity index is 1500. The topological polar surface area (TPSA) is 111 Å². The van der Waals surface area contributed by atoms with E-state index in [1.54, 1.807) is 31.2 Å². The van der Waals surface area contributed by atoms with Crippen molar-refractivity contribution in [1.82, 2.24) is 5.32 Å². The van der Waals surface area contributed by atoms with Crippen molar-refractivity contribution >= 4 is 63.1 Å². The van der Waals surface area contributed by atoms with Crippen LogP contribution in [-0.4, -0.2) is 37.0 Å². The number of nitrogens with zero attached hydrogens (tertiary/aromatic N) is 1. The van der Waals surface area contributed by atoms with Crippen molar-refractivity contribution in [2.75, 3.05) is 18.1 Å². The molecule has 0 spiro atoms. The molecule has 206 valence electrons. The second-order valence-electron chi connectivity index (χ2n) is 8.41. The van der Waals surface area contributed by atoms with Crippen LogP contribution in [0.15, 0.2) is 70.7 Å². The predicted octanol–water partition coefficient (Wildman–Crippen LogP) is 5.92. The molecule has 40 heavy (non-hydrogen) atoms. The number of rotatable bonds is 9. The highest BCUT2D eigenvalue weighted by atomic mass is 79.9. The fourth-order valence-corrected chi connectivity index (χ4v) is 4.66. The molecule has 0 aliphatic carbocycles. The van der Waals surface area contributed by atoms with Gasteiger partial charge in [0.15, 0.2) is 11.5 Å². The number of halogens is 2. The Hall–Kier alpha value is -4.15. The first-order valence-corrected chi connectivity index (χ1v) is 13.4. The zero-order valence-corrected chi connectivity index (χ0v) is 23.9. The van der Waals surface area contributed by atoms with Crippen molar-refractivity contribution in [1.29, 1.82) is 0 Å². The molecule has 4 amide bonds. The summed E-state index contributed by atoms with van der Waals surface area (Å²) in [6.45, 7) is 4.27. The van der Waals surface area contributed by atoms with Crippen molar-refractivity contribution in [3.8, 4) is 11.5 Å². The monoisotopic (exact) mass is 626 g/mol. The lowest BCUT2D eigenvalue weighted by molar-refractivity contribution is -0.122. The fourth-order valence-electron chi connectivity index (χ4n) is 3.88. The van der Waals surface area contributed by atoms with E-state index in [9.17, 15) is 19.2 Å². The van der Waals surface area contributed by atoms with Crippen LogP contribution in [0.5, 0.6) is 11.5 Å². The molecule has 0 atom stereocenters. The van der Waals surface area contributed by atoms with Gasteiger partial charge in [-0.15, -0.1) is 0 Å². The van der Waals surface area contributed by atoms with Crippen LogP contribution < -0.4 is 19.7 Å². The maximum atomic E-state index is 13.3. The maximum absolute atomic E-state index is 13.3. The highest BCUT2D eigenvalue weighted by Crippen LogP contribution is 2.38. The molecule has 0 unspecified atom stereocenters. The molecule has 0 bridgehead atoms. The number of hydrogen-bond donors (Lipinski definition) is 1. The van der Waals surface area contributed by atoms with E-state index in [0.717, 1.165) is 10.5 Å². The number of urea groups is 1. The van der Waals surface area contributed by atoms with E-state index >= 15 is 0 Å². The molecule has 1 aliphatic heterocycles. The summed E-state index contributed by atoms with van der Waals surface area (Å²) >= 11 is 9.56. The van der Waals surface area contributed by atoms with Crippen molar-refractivity contribution in [2.24, 2.45) is 0 Å². The first-order valence-electron chi connectivity index (χ1n) is 12.2. The van der Waals surface area contributed by atoms with Gasteiger partial charge in [-0.3, -0.25) is 14.9 Å². The third-order valence-corrected chi connectivity index (χ3v) is 6.48. The molecule has 0 radical (unpaired) electrons. The minimum atomic E-state index is -0.906. The molecule has 1 aliphatic rings. The number of carbonyl (C=O) groups is 4. The molecule has 3 aromatic rings. The van der Waals surface area contributed by atoms with E-state index in [1.807, 2.05) is 19.1 Å². The van der Waals surface area contributed by atoms with Crippen LogP contribution in [0.2, 0.25) is 5.02 Å². The normalized spacial score (nSPS) is 14.2. The molecular formula is C29H24BrClN2O7. The van der Waals surface area contributed by atoms with E-state index in [0.29, 0.717) is 33.2 Å². The van der Waals surface area contributed by atoms with Crippen molar-refractivity contribution in [2.45, 2.75) is 20.5 Å². The van der Waals surface area contributed by atoms with Gasteiger partial charge in [0, 0.05) is 5.02 Å². The minimum Gasteiger partial charge on any atom is -0.490 e. The molecule has 9 nitrogen and oxygen atoms in total. The van der Waals surface area contributed by atoms with Gasteiger partial charge in [0.2, 0.25) is 0 Å². The first kappa shape index (κ1) is 28.8. The summed E-state index contributed by atoms with van der Waals surface area (Å²) in [5.74, 6) is -1.38. The molecule has 3 aromatic carbocycles. The van der Waals surface area contributed by atoms with Crippen LogP contribution in [0.4, 0.5) is 10.5 Å². The van der Waals surface area contributed by atoms with E-state index < -0.39 is 23.8 Å². The Morgan fingerprint density at radius 1 is 1.00 bits per heavy atom. The zero-order valence-electron chi connectivity index (χ0n) is 21.5. The lowest BCUT2D eigenvalue weighted by atomic mass is 10.1. The van der Waals surface area contributed by atoms with Crippen molar-refractivity contribution in [3.05, 3.63) is 92.4 Å². The Balaban J connectivity index is 1.62. The smallest absolute Gasteiger partial charge is 0.338 e. The number of barbiturate groups is 1. The largest absolute Gasteiger partial charge is 0.490 e. The number of carbonyl (C=O) groups excluding carboxylic acids is 4. The van der Waals surface area contributed by atoms with Crippen LogP contribution in [0.25, 0.3) is 6.08 Å². The van der Waals surface area contributed by atoms with Gasteiger partial charge in [0.25, 0.3) is 11.8 Å². The van der Waals surface area contributed by atoms with Crippen LogP contribution in [0.3, 0.4) is 0 Å². The molecule has 1 fully saturated rings. The van der Waals surface area contributed by atoms with Crippen LogP contribution in [0, 0.1) is 0 Å². The summed E-state index contributed by atoms with van der Waals surface area (Å²) in [4.78, 5) is 51.4. The van der Waals surface area contributed by atoms with Gasteiger partial charge in [-0.25, -0.2) is 14.5 Å². The zero-order chi connectivity index (χ0) is 28.8. The number of hydrogen-bond acceptors (Lipinski definition) is 7. The summed E-state index contributed by atoms with van der Waals surface area (Å²) in [6.07, 6.45) is 1.36. The Morgan fingerprint density at radius 3 is 2.42 bits per heavy atom. The number of ether oxygens (including phenoxy) is 3. The highest BCUT2D eigenvalue weighted by Gasteiger charge is 2.37. The third-order valence-electron chi connectivity index (χ3n) is 5.65. The average Bonchev–Trinajstić information content (AvgIpc) is 2.91.